The number of carbonyl (C=O) groups excluding carboxylic acids is 2. The van der Waals surface area contributed by atoms with Crippen molar-refractivity contribution in [1.82, 2.24) is 10.6 Å². The van der Waals surface area contributed by atoms with E-state index >= 15 is 0 Å². The van der Waals surface area contributed by atoms with Crippen LogP contribution < -0.4 is 10.6 Å². The summed E-state index contributed by atoms with van der Waals surface area (Å²) in [5.41, 5.74) is -1.12. The zero-order valence-electron chi connectivity index (χ0n) is 11.4. The minimum absolute atomic E-state index is 0. The number of ether oxygens (including phenoxy) is 2. The second-order valence-electron chi connectivity index (χ2n) is 4.01. The number of hydrogen-bond acceptors (Lipinski definition) is 5. The van der Waals surface area contributed by atoms with Crippen molar-refractivity contribution in [2.45, 2.75) is 25.3 Å². The number of halogens is 1. The first kappa shape index (κ1) is 19.5. The van der Waals surface area contributed by atoms with Crippen molar-refractivity contribution in [3.63, 3.8) is 0 Å². The van der Waals surface area contributed by atoms with Crippen LogP contribution in [-0.4, -0.2) is 51.8 Å². The molecule has 18 heavy (non-hydrogen) atoms. The first-order valence-corrected chi connectivity index (χ1v) is 5.53. The Hall–Kier alpha value is -0.850. The molecule has 0 rings (SSSR count). The summed E-state index contributed by atoms with van der Waals surface area (Å²) in [6.07, 6.45) is 1.07. The first-order chi connectivity index (χ1) is 8.00. The fraction of sp³-hybridized carbons (Fsp3) is 0.818. The number of carbonyl (C=O) groups is 2. The van der Waals surface area contributed by atoms with Gasteiger partial charge < -0.3 is 20.1 Å². The Kier molecular flexibility index (Phi) is 10.9. The molecule has 2 N–H and O–H groups in total. The van der Waals surface area contributed by atoms with Gasteiger partial charge in [-0.15, -0.1) is 12.4 Å². The van der Waals surface area contributed by atoms with Gasteiger partial charge in [-0.1, -0.05) is 0 Å². The molecular formula is C11H23ClN2O4. The Morgan fingerprint density at radius 3 is 2.33 bits per heavy atom. The maximum absolute atomic E-state index is 11.6. The summed E-state index contributed by atoms with van der Waals surface area (Å²) < 4.78 is 9.58. The molecule has 0 saturated heterocycles. The number of methoxy groups -OCH3 is 2. The Labute approximate surface area is 114 Å². The third-order valence-electron chi connectivity index (χ3n) is 2.31. The van der Waals surface area contributed by atoms with E-state index < -0.39 is 11.5 Å². The average molecular weight is 283 g/mol. The Balaban J connectivity index is 0. The molecule has 0 aliphatic rings. The fourth-order valence-corrected chi connectivity index (χ4v) is 1.46. The molecule has 0 bridgehead atoms. The molecule has 6 nitrogen and oxygen atoms in total. The van der Waals surface area contributed by atoms with Crippen molar-refractivity contribution in [1.29, 1.82) is 0 Å². The van der Waals surface area contributed by atoms with Crippen LogP contribution in [0.3, 0.4) is 0 Å². The maximum Gasteiger partial charge on any atom is 0.333 e. The van der Waals surface area contributed by atoms with Crippen LogP contribution in [0, 0.1) is 0 Å². The smallest absolute Gasteiger partial charge is 0.333 e. The highest BCUT2D eigenvalue weighted by Gasteiger charge is 2.35. The van der Waals surface area contributed by atoms with Crippen LogP contribution in [-0.2, 0) is 19.1 Å². The van der Waals surface area contributed by atoms with Gasteiger partial charge in [-0.25, -0.2) is 4.79 Å². The van der Waals surface area contributed by atoms with Crippen molar-refractivity contribution in [2.75, 3.05) is 34.4 Å². The lowest BCUT2D eigenvalue weighted by atomic mass is 10.0. The quantitative estimate of drug-likeness (QED) is 0.488. The van der Waals surface area contributed by atoms with Crippen LogP contribution in [0.2, 0.25) is 0 Å². The third-order valence-corrected chi connectivity index (χ3v) is 2.31. The molecule has 0 radical (unpaired) electrons. The van der Waals surface area contributed by atoms with Gasteiger partial charge in [0.2, 0.25) is 5.91 Å². The summed E-state index contributed by atoms with van der Waals surface area (Å²) in [7, 11) is 4.57. The summed E-state index contributed by atoms with van der Waals surface area (Å²) in [5.74, 6) is -0.702. The standard InChI is InChI=1S/C11H22N2O4.ClH/c1-11(8-16-3,10(15)17-4)13-9(14)6-5-7-12-2;/h12H,5-8H2,1-4H3,(H,13,14);1H. The van der Waals surface area contributed by atoms with E-state index in [2.05, 4.69) is 15.4 Å². The largest absolute Gasteiger partial charge is 0.467 e. The van der Waals surface area contributed by atoms with Gasteiger partial charge in [-0.3, -0.25) is 4.79 Å². The lowest BCUT2D eigenvalue weighted by Gasteiger charge is -2.27. The van der Waals surface area contributed by atoms with Crippen molar-refractivity contribution >= 4 is 24.3 Å². The summed E-state index contributed by atoms with van der Waals surface area (Å²) >= 11 is 0. The summed E-state index contributed by atoms with van der Waals surface area (Å²) in [6, 6.07) is 0. The van der Waals surface area contributed by atoms with Gasteiger partial charge in [-0.2, -0.15) is 0 Å². The normalized spacial score (nSPS) is 13.1. The van der Waals surface area contributed by atoms with Gasteiger partial charge in [0.05, 0.1) is 13.7 Å². The number of amides is 1. The Bertz CT molecular complexity index is 263. The number of hydrogen-bond donors (Lipinski definition) is 2. The van der Waals surface area contributed by atoms with Gasteiger partial charge in [0.15, 0.2) is 5.54 Å². The van der Waals surface area contributed by atoms with Gasteiger partial charge in [0.25, 0.3) is 0 Å². The van der Waals surface area contributed by atoms with Gasteiger partial charge in [0.1, 0.15) is 0 Å². The molecule has 0 heterocycles. The van der Waals surface area contributed by atoms with E-state index in [1.54, 1.807) is 6.92 Å². The predicted octanol–water partition coefficient (Wildman–Crippen LogP) is 0.102. The van der Waals surface area contributed by atoms with Crippen LogP contribution in [0.5, 0.6) is 0 Å². The van der Waals surface area contributed by atoms with Crippen molar-refractivity contribution < 1.29 is 19.1 Å². The van der Waals surface area contributed by atoms with Crippen molar-refractivity contribution in [3.8, 4) is 0 Å². The van der Waals surface area contributed by atoms with Crippen LogP contribution >= 0.6 is 12.4 Å². The van der Waals surface area contributed by atoms with Gasteiger partial charge >= 0.3 is 5.97 Å². The molecule has 0 aromatic heterocycles. The van der Waals surface area contributed by atoms with E-state index in [4.69, 9.17) is 4.74 Å². The van der Waals surface area contributed by atoms with E-state index in [0.29, 0.717) is 12.8 Å². The van der Waals surface area contributed by atoms with Crippen LogP contribution in [0.15, 0.2) is 0 Å². The van der Waals surface area contributed by atoms with Crippen LogP contribution in [0.1, 0.15) is 19.8 Å². The SMILES string of the molecule is CNCCCC(=O)NC(C)(COC)C(=O)OC.Cl. The summed E-state index contributed by atoms with van der Waals surface area (Å²) in [6.45, 7) is 2.42. The zero-order chi connectivity index (χ0) is 13.3. The second kappa shape index (κ2) is 10.1. The zero-order valence-corrected chi connectivity index (χ0v) is 12.2. The molecule has 0 fully saturated rings. The average Bonchev–Trinajstić information content (AvgIpc) is 2.28. The van der Waals surface area contributed by atoms with E-state index in [1.807, 2.05) is 7.05 Å². The molecule has 1 atom stereocenters. The summed E-state index contributed by atoms with van der Waals surface area (Å²) in [4.78, 5) is 23.2. The van der Waals surface area contributed by atoms with Gasteiger partial charge in [0, 0.05) is 13.5 Å². The van der Waals surface area contributed by atoms with E-state index in [0.717, 1.165) is 6.54 Å². The molecule has 0 aliphatic carbocycles. The molecule has 1 amide bonds. The molecule has 7 heteroatoms. The predicted molar refractivity (Wildman–Crippen MR) is 70.8 cm³/mol. The highest BCUT2D eigenvalue weighted by atomic mass is 35.5. The lowest BCUT2D eigenvalue weighted by molar-refractivity contribution is -0.152. The van der Waals surface area contributed by atoms with Gasteiger partial charge in [-0.05, 0) is 26.9 Å². The topological polar surface area (TPSA) is 76.7 Å². The van der Waals surface area contributed by atoms with Crippen molar-refractivity contribution in [2.24, 2.45) is 0 Å². The highest BCUT2D eigenvalue weighted by molar-refractivity contribution is 5.87. The maximum atomic E-state index is 11.6. The molecule has 0 saturated carbocycles. The molecule has 0 spiro atoms. The molecule has 0 aromatic rings. The fourth-order valence-electron chi connectivity index (χ4n) is 1.46. The van der Waals surface area contributed by atoms with E-state index in [1.165, 1.54) is 14.2 Å². The number of esters is 1. The van der Waals surface area contributed by atoms with Crippen LogP contribution in [0.4, 0.5) is 0 Å². The number of nitrogens with one attached hydrogen (secondary N) is 2. The lowest BCUT2D eigenvalue weighted by Crippen LogP contribution is -2.55. The molecular weight excluding hydrogens is 260 g/mol. The first-order valence-electron chi connectivity index (χ1n) is 5.53. The molecule has 0 aliphatic heterocycles. The highest BCUT2D eigenvalue weighted by Crippen LogP contribution is 2.07. The van der Waals surface area contributed by atoms with E-state index in [9.17, 15) is 9.59 Å². The van der Waals surface area contributed by atoms with Crippen LogP contribution in [0.25, 0.3) is 0 Å². The molecule has 108 valence electrons. The second-order valence-corrected chi connectivity index (χ2v) is 4.01. The monoisotopic (exact) mass is 282 g/mol. The third kappa shape index (κ3) is 6.78. The minimum atomic E-state index is -1.12. The molecule has 0 aromatic carbocycles. The number of rotatable bonds is 8. The molecule has 1 unspecified atom stereocenters. The summed E-state index contributed by atoms with van der Waals surface area (Å²) in [5, 5.41) is 5.59. The Morgan fingerprint density at radius 2 is 1.89 bits per heavy atom. The minimum Gasteiger partial charge on any atom is -0.467 e. The van der Waals surface area contributed by atoms with Crippen molar-refractivity contribution in [3.05, 3.63) is 0 Å². The van der Waals surface area contributed by atoms with E-state index in [-0.39, 0.29) is 24.9 Å². The Morgan fingerprint density at radius 1 is 1.28 bits per heavy atom.